The summed E-state index contributed by atoms with van der Waals surface area (Å²) in [5.41, 5.74) is 1.62. The predicted molar refractivity (Wildman–Crippen MR) is 108 cm³/mol. The van der Waals surface area contributed by atoms with E-state index in [9.17, 15) is 4.79 Å². The maximum atomic E-state index is 12.5. The standard InChI is InChI=1S/C22H31N3O2/c1-15(2)25-11-9-18(10-12-25)27-19-7-8-20-16(13-19)14-21(24-20)22(26)23-17-5-3-4-6-17/h7-8,13-15,17-18,24H,3-6,9-12H2,1-2H3,(H,23,26). The Morgan fingerprint density at radius 2 is 1.89 bits per heavy atom. The Morgan fingerprint density at radius 3 is 2.59 bits per heavy atom. The second-order valence-corrected chi connectivity index (χ2v) is 8.33. The minimum Gasteiger partial charge on any atom is -0.490 e. The number of hydrogen-bond donors (Lipinski definition) is 2. The van der Waals surface area contributed by atoms with E-state index in [1.807, 2.05) is 24.3 Å². The molecule has 1 aromatic carbocycles. The van der Waals surface area contributed by atoms with Crippen LogP contribution in [0, 0.1) is 0 Å². The summed E-state index contributed by atoms with van der Waals surface area (Å²) in [5, 5.41) is 4.17. The minimum absolute atomic E-state index is 0.00151. The maximum absolute atomic E-state index is 12.5. The number of rotatable bonds is 5. The first-order valence-electron chi connectivity index (χ1n) is 10.4. The van der Waals surface area contributed by atoms with Gasteiger partial charge < -0.3 is 19.9 Å². The first-order valence-corrected chi connectivity index (χ1v) is 10.4. The van der Waals surface area contributed by atoms with Crippen molar-refractivity contribution >= 4 is 16.8 Å². The van der Waals surface area contributed by atoms with Gasteiger partial charge in [0, 0.05) is 36.1 Å². The third-order valence-electron chi connectivity index (χ3n) is 6.04. The molecule has 2 fully saturated rings. The zero-order valence-corrected chi connectivity index (χ0v) is 16.5. The zero-order chi connectivity index (χ0) is 18.8. The van der Waals surface area contributed by atoms with Crippen LogP contribution in [0.1, 0.15) is 62.9 Å². The summed E-state index contributed by atoms with van der Waals surface area (Å²) >= 11 is 0. The average molecular weight is 370 g/mol. The monoisotopic (exact) mass is 369 g/mol. The fourth-order valence-corrected chi connectivity index (χ4v) is 4.34. The van der Waals surface area contributed by atoms with E-state index in [4.69, 9.17) is 4.74 Å². The third kappa shape index (κ3) is 4.29. The van der Waals surface area contributed by atoms with Gasteiger partial charge in [0.05, 0.1) is 0 Å². The fraction of sp³-hybridized carbons (Fsp3) is 0.591. The van der Waals surface area contributed by atoms with Crippen molar-refractivity contribution in [2.24, 2.45) is 0 Å². The van der Waals surface area contributed by atoms with Crippen molar-refractivity contribution in [2.45, 2.75) is 70.6 Å². The van der Waals surface area contributed by atoms with Gasteiger partial charge in [0.1, 0.15) is 17.5 Å². The summed E-state index contributed by atoms with van der Waals surface area (Å²) in [4.78, 5) is 18.2. The molecule has 2 heterocycles. The number of nitrogens with zero attached hydrogens (tertiary/aromatic N) is 1. The van der Waals surface area contributed by atoms with Crippen LogP contribution < -0.4 is 10.1 Å². The van der Waals surface area contributed by atoms with Crippen molar-refractivity contribution < 1.29 is 9.53 Å². The average Bonchev–Trinajstić information content (AvgIpc) is 3.31. The number of amides is 1. The number of fused-ring (bicyclic) bond motifs is 1. The lowest BCUT2D eigenvalue weighted by Crippen LogP contribution is -2.41. The van der Waals surface area contributed by atoms with Gasteiger partial charge in [-0.3, -0.25) is 4.79 Å². The van der Waals surface area contributed by atoms with Crippen LogP contribution in [0.3, 0.4) is 0 Å². The van der Waals surface area contributed by atoms with Crippen LogP contribution in [0.2, 0.25) is 0 Å². The van der Waals surface area contributed by atoms with E-state index in [2.05, 4.69) is 29.0 Å². The normalized spacial score (nSPS) is 19.8. The van der Waals surface area contributed by atoms with Gasteiger partial charge >= 0.3 is 0 Å². The molecule has 4 rings (SSSR count). The first-order chi connectivity index (χ1) is 13.1. The number of aromatic nitrogens is 1. The van der Waals surface area contributed by atoms with Crippen molar-refractivity contribution in [1.29, 1.82) is 0 Å². The van der Waals surface area contributed by atoms with Crippen molar-refractivity contribution in [2.75, 3.05) is 13.1 Å². The van der Waals surface area contributed by atoms with Gasteiger partial charge in [-0.25, -0.2) is 0 Å². The van der Waals surface area contributed by atoms with Crippen LogP contribution in [0.5, 0.6) is 5.75 Å². The SMILES string of the molecule is CC(C)N1CCC(Oc2ccc3[nH]c(C(=O)NC4CCCC4)cc3c2)CC1. The van der Waals surface area contributed by atoms with Gasteiger partial charge in [0.15, 0.2) is 0 Å². The van der Waals surface area contributed by atoms with Crippen molar-refractivity contribution in [3.05, 3.63) is 30.0 Å². The molecule has 0 radical (unpaired) electrons. The number of nitrogens with one attached hydrogen (secondary N) is 2. The fourth-order valence-electron chi connectivity index (χ4n) is 4.34. The molecule has 1 amide bonds. The predicted octanol–water partition coefficient (Wildman–Crippen LogP) is 4.09. The lowest BCUT2D eigenvalue weighted by Gasteiger charge is -2.34. The Kier molecular flexibility index (Phi) is 5.39. The Morgan fingerprint density at radius 1 is 1.15 bits per heavy atom. The maximum Gasteiger partial charge on any atom is 0.267 e. The van der Waals surface area contributed by atoms with E-state index in [0.717, 1.165) is 55.4 Å². The molecule has 1 aliphatic heterocycles. The summed E-state index contributed by atoms with van der Waals surface area (Å²) in [7, 11) is 0. The van der Waals surface area contributed by atoms with Gasteiger partial charge in [-0.2, -0.15) is 0 Å². The number of H-pyrrole nitrogens is 1. The van der Waals surface area contributed by atoms with Crippen molar-refractivity contribution in [3.8, 4) is 5.75 Å². The molecule has 146 valence electrons. The number of aromatic amines is 1. The highest BCUT2D eigenvalue weighted by Crippen LogP contribution is 2.25. The topological polar surface area (TPSA) is 57.4 Å². The first kappa shape index (κ1) is 18.4. The molecular weight excluding hydrogens is 338 g/mol. The Balaban J connectivity index is 1.39. The Hall–Kier alpha value is -2.01. The second-order valence-electron chi connectivity index (χ2n) is 8.33. The van der Waals surface area contributed by atoms with Crippen LogP contribution in [-0.4, -0.2) is 47.1 Å². The highest BCUT2D eigenvalue weighted by atomic mass is 16.5. The number of piperidine rings is 1. The number of hydrogen-bond acceptors (Lipinski definition) is 3. The highest BCUT2D eigenvalue weighted by Gasteiger charge is 2.22. The van der Waals surface area contributed by atoms with Gasteiger partial charge in [0.25, 0.3) is 5.91 Å². The van der Waals surface area contributed by atoms with Crippen LogP contribution in [-0.2, 0) is 0 Å². The molecule has 27 heavy (non-hydrogen) atoms. The Bertz CT molecular complexity index is 784. The quantitative estimate of drug-likeness (QED) is 0.834. The lowest BCUT2D eigenvalue weighted by molar-refractivity contribution is 0.0844. The van der Waals surface area contributed by atoms with E-state index in [1.165, 1.54) is 12.8 Å². The summed E-state index contributed by atoms with van der Waals surface area (Å²) in [6.45, 7) is 6.70. The van der Waals surface area contributed by atoms with Gasteiger partial charge in [-0.05, 0) is 63.8 Å². The summed E-state index contributed by atoms with van der Waals surface area (Å²) < 4.78 is 6.23. The molecule has 5 nitrogen and oxygen atoms in total. The van der Waals surface area contributed by atoms with Crippen LogP contribution in [0.4, 0.5) is 0 Å². The lowest BCUT2D eigenvalue weighted by atomic mass is 10.1. The Labute approximate surface area is 161 Å². The zero-order valence-electron chi connectivity index (χ0n) is 16.5. The van der Waals surface area contributed by atoms with Crippen LogP contribution in [0.25, 0.3) is 10.9 Å². The summed E-state index contributed by atoms with van der Waals surface area (Å²) in [6.07, 6.45) is 7.04. The molecule has 1 aliphatic carbocycles. The molecule has 1 saturated carbocycles. The molecule has 2 aromatic rings. The largest absolute Gasteiger partial charge is 0.490 e. The molecule has 1 saturated heterocycles. The second kappa shape index (κ2) is 7.93. The van der Waals surface area contributed by atoms with Crippen LogP contribution >= 0.6 is 0 Å². The third-order valence-corrected chi connectivity index (χ3v) is 6.04. The highest BCUT2D eigenvalue weighted by molar-refractivity contribution is 5.98. The summed E-state index contributed by atoms with van der Waals surface area (Å²) in [6, 6.07) is 8.95. The molecule has 1 aromatic heterocycles. The summed E-state index contributed by atoms with van der Waals surface area (Å²) in [5.74, 6) is 0.897. The van der Waals surface area contributed by atoms with Crippen molar-refractivity contribution in [3.63, 3.8) is 0 Å². The molecule has 0 spiro atoms. The molecule has 0 unspecified atom stereocenters. The van der Waals surface area contributed by atoms with Gasteiger partial charge in [-0.15, -0.1) is 0 Å². The molecule has 2 N–H and O–H groups in total. The molecule has 0 atom stereocenters. The van der Waals surface area contributed by atoms with E-state index < -0.39 is 0 Å². The minimum atomic E-state index is 0.00151. The van der Waals surface area contributed by atoms with Gasteiger partial charge in [0.2, 0.25) is 0 Å². The molecular formula is C22H31N3O2. The van der Waals surface area contributed by atoms with E-state index in [1.54, 1.807) is 0 Å². The number of ether oxygens (including phenoxy) is 1. The van der Waals surface area contributed by atoms with Gasteiger partial charge in [-0.1, -0.05) is 12.8 Å². The molecule has 0 bridgehead atoms. The number of carbonyl (C=O) groups excluding carboxylic acids is 1. The smallest absolute Gasteiger partial charge is 0.267 e. The van der Waals surface area contributed by atoms with E-state index in [-0.39, 0.29) is 12.0 Å². The van der Waals surface area contributed by atoms with E-state index in [0.29, 0.717) is 17.8 Å². The molecule has 5 heteroatoms. The van der Waals surface area contributed by atoms with Crippen molar-refractivity contribution in [1.82, 2.24) is 15.2 Å². The van der Waals surface area contributed by atoms with E-state index >= 15 is 0 Å². The number of likely N-dealkylation sites (tertiary alicyclic amines) is 1. The number of carbonyl (C=O) groups is 1. The molecule has 2 aliphatic rings. The number of benzene rings is 1. The van der Waals surface area contributed by atoms with Crippen LogP contribution in [0.15, 0.2) is 24.3 Å².